The van der Waals surface area contributed by atoms with Gasteiger partial charge in [0.1, 0.15) is 6.61 Å². The van der Waals surface area contributed by atoms with E-state index in [1.165, 1.54) is 5.56 Å². The normalized spacial score (nSPS) is 17.0. The molecule has 0 saturated carbocycles. The van der Waals surface area contributed by atoms with Crippen LogP contribution in [-0.2, 0) is 16.0 Å². The Bertz CT molecular complexity index is 450. The maximum Gasteiger partial charge on any atom is 0.248 e. The van der Waals surface area contributed by atoms with E-state index in [1.807, 2.05) is 32.0 Å². The number of aliphatic hydroxyl groups excluding tert-OH is 1. The molecule has 2 rings (SSSR count). The number of carbonyl (C=O) groups excluding carboxylic acids is 1. The van der Waals surface area contributed by atoms with Crippen molar-refractivity contribution >= 4 is 5.91 Å². The quantitative estimate of drug-likeness (QED) is 0.903. The fourth-order valence-corrected chi connectivity index (χ4v) is 2.60. The van der Waals surface area contributed by atoms with Crippen molar-refractivity contribution in [1.29, 1.82) is 0 Å². The van der Waals surface area contributed by atoms with Crippen LogP contribution in [-0.4, -0.2) is 47.3 Å². The van der Waals surface area contributed by atoms with E-state index in [0.717, 1.165) is 6.42 Å². The zero-order valence-corrected chi connectivity index (χ0v) is 12.9. The lowest BCUT2D eigenvalue weighted by molar-refractivity contribution is -0.143. The average Bonchev–Trinajstić information content (AvgIpc) is 2.46. The van der Waals surface area contributed by atoms with Crippen LogP contribution in [0.2, 0.25) is 0 Å². The molecule has 4 nitrogen and oxygen atoms in total. The number of hydrogen-bond acceptors (Lipinski definition) is 3. The molecule has 0 bridgehead atoms. The summed E-state index contributed by atoms with van der Waals surface area (Å²) in [5.74, 6) is 0.0167. The summed E-state index contributed by atoms with van der Waals surface area (Å²) in [5.41, 5.74) is 0.836. The van der Waals surface area contributed by atoms with Gasteiger partial charge >= 0.3 is 0 Å². The van der Waals surface area contributed by atoms with Crippen molar-refractivity contribution in [3.8, 4) is 0 Å². The molecule has 1 aliphatic heterocycles. The summed E-state index contributed by atoms with van der Waals surface area (Å²) in [7, 11) is 0. The van der Waals surface area contributed by atoms with Crippen LogP contribution in [0.1, 0.15) is 32.3 Å². The SMILES string of the molecule is CC(C)(Cc1ccccc1)OCC(=O)N1CCC(O)CC1. The molecule has 0 radical (unpaired) electrons. The maximum atomic E-state index is 12.1. The van der Waals surface area contributed by atoms with Gasteiger partial charge in [0, 0.05) is 19.5 Å². The molecular weight excluding hydrogens is 266 g/mol. The second-order valence-corrected chi connectivity index (χ2v) is 6.32. The third-order valence-corrected chi connectivity index (χ3v) is 3.88. The number of hydrogen-bond donors (Lipinski definition) is 1. The van der Waals surface area contributed by atoms with Gasteiger partial charge in [-0.15, -0.1) is 0 Å². The first kappa shape index (κ1) is 16.0. The summed E-state index contributed by atoms with van der Waals surface area (Å²) >= 11 is 0. The Labute approximate surface area is 126 Å². The number of amides is 1. The van der Waals surface area contributed by atoms with Gasteiger partial charge in [-0.2, -0.15) is 0 Å². The Morgan fingerprint density at radius 2 is 1.90 bits per heavy atom. The Hall–Kier alpha value is -1.39. The summed E-state index contributed by atoms with van der Waals surface area (Å²) in [6, 6.07) is 10.1. The standard InChI is InChI=1S/C17H25NO3/c1-17(2,12-14-6-4-3-5-7-14)21-13-16(20)18-10-8-15(19)9-11-18/h3-7,15,19H,8-13H2,1-2H3. The lowest BCUT2D eigenvalue weighted by Crippen LogP contribution is -2.43. The lowest BCUT2D eigenvalue weighted by Gasteiger charge is -2.31. The molecule has 4 heteroatoms. The van der Waals surface area contributed by atoms with Crippen LogP contribution in [0, 0.1) is 0 Å². The molecule has 1 N–H and O–H groups in total. The van der Waals surface area contributed by atoms with Crippen molar-refractivity contribution in [3.63, 3.8) is 0 Å². The van der Waals surface area contributed by atoms with Crippen molar-refractivity contribution in [2.24, 2.45) is 0 Å². The van der Waals surface area contributed by atoms with E-state index in [1.54, 1.807) is 4.90 Å². The number of aliphatic hydroxyl groups is 1. The maximum absolute atomic E-state index is 12.1. The van der Waals surface area contributed by atoms with E-state index in [4.69, 9.17) is 4.74 Å². The van der Waals surface area contributed by atoms with Gasteiger partial charge in [-0.3, -0.25) is 4.79 Å². The molecule has 21 heavy (non-hydrogen) atoms. The predicted molar refractivity (Wildman–Crippen MR) is 82.0 cm³/mol. The fraction of sp³-hybridized carbons (Fsp3) is 0.588. The molecule has 1 fully saturated rings. The van der Waals surface area contributed by atoms with Crippen LogP contribution in [0.25, 0.3) is 0 Å². The Morgan fingerprint density at radius 3 is 2.52 bits per heavy atom. The molecular formula is C17H25NO3. The molecule has 1 saturated heterocycles. The third kappa shape index (κ3) is 5.14. The molecule has 1 heterocycles. The molecule has 0 atom stereocenters. The summed E-state index contributed by atoms with van der Waals surface area (Å²) in [6.45, 7) is 5.38. The summed E-state index contributed by atoms with van der Waals surface area (Å²) < 4.78 is 5.82. The highest BCUT2D eigenvalue weighted by atomic mass is 16.5. The lowest BCUT2D eigenvalue weighted by atomic mass is 9.98. The predicted octanol–water partition coefficient (Wildman–Crippen LogP) is 2.01. The Kier molecular flexibility index (Phi) is 5.37. The molecule has 0 aromatic heterocycles. The summed E-state index contributed by atoms with van der Waals surface area (Å²) in [6.07, 6.45) is 1.85. The second kappa shape index (κ2) is 7.05. The molecule has 1 aromatic carbocycles. The largest absolute Gasteiger partial charge is 0.393 e. The zero-order valence-electron chi connectivity index (χ0n) is 12.9. The monoisotopic (exact) mass is 291 g/mol. The average molecular weight is 291 g/mol. The second-order valence-electron chi connectivity index (χ2n) is 6.32. The van der Waals surface area contributed by atoms with Crippen molar-refractivity contribution in [3.05, 3.63) is 35.9 Å². The van der Waals surface area contributed by atoms with E-state index in [2.05, 4.69) is 12.1 Å². The van der Waals surface area contributed by atoms with Crippen molar-refractivity contribution in [2.45, 2.75) is 44.8 Å². The number of ether oxygens (including phenoxy) is 1. The molecule has 1 amide bonds. The van der Waals surface area contributed by atoms with Crippen molar-refractivity contribution in [1.82, 2.24) is 4.90 Å². The first-order valence-corrected chi connectivity index (χ1v) is 7.60. The highest BCUT2D eigenvalue weighted by Gasteiger charge is 2.25. The van der Waals surface area contributed by atoms with Crippen LogP contribution in [0.5, 0.6) is 0 Å². The van der Waals surface area contributed by atoms with Crippen LogP contribution < -0.4 is 0 Å². The molecule has 116 valence electrons. The van der Waals surface area contributed by atoms with Gasteiger partial charge in [0.05, 0.1) is 11.7 Å². The van der Waals surface area contributed by atoms with Gasteiger partial charge in [0.15, 0.2) is 0 Å². The summed E-state index contributed by atoms with van der Waals surface area (Å²) in [5, 5.41) is 9.46. The number of nitrogens with zero attached hydrogens (tertiary/aromatic N) is 1. The van der Waals surface area contributed by atoms with Crippen LogP contribution in [0.15, 0.2) is 30.3 Å². The molecule has 1 aliphatic rings. The van der Waals surface area contributed by atoms with Crippen LogP contribution in [0.3, 0.4) is 0 Å². The van der Waals surface area contributed by atoms with Crippen LogP contribution >= 0.6 is 0 Å². The van der Waals surface area contributed by atoms with Gasteiger partial charge < -0.3 is 14.7 Å². The van der Waals surface area contributed by atoms with Crippen molar-refractivity contribution < 1.29 is 14.6 Å². The van der Waals surface area contributed by atoms with Gasteiger partial charge in [-0.25, -0.2) is 0 Å². The van der Waals surface area contributed by atoms with Gasteiger partial charge in [-0.1, -0.05) is 30.3 Å². The van der Waals surface area contributed by atoms with E-state index in [0.29, 0.717) is 25.9 Å². The topological polar surface area (TPSA) is 49.8 Å². The van der Waals surface area contributed by atoms with Crippen molar-refractivity contribution in [2.75, 3.05) is 19.7 Å². The smallest absolute Gasteiger partial charge is 0.248 e. The minimum Gasteiger partial charge on any atom is -0.393 e. The Balaban J connectivity index is 1.79. The van der Waals surface area contributed by atoms with Gasteiger partial charge in [-0.05, 0) is 32.3 Å². The van der Waals surface area contributed by atoms with Gasteiger partial charge in [0.25, 0.3) is 0 Å². The summed E-state index contributed by atoms with van der Waals surface area (Å²) in [4.78, 5) is 13.9. The minimum atomic E-state index is -0.369. The highest BCUT2D eigenvalue weighted by molar-refractivity contribution is 5.77. The van der Waals surface area contributed by atoms with E-state index >= 15 is 0 Å². The van der Waals surface area contributed by atoms with E-state index in [9.17, 15) is 9.90 Å². The first-order chi connectivity index (χ1) is 9.96. The highest BCUT2D eigenvalue weighted by Crippen LogP contribution is 2.17. The Morgan fingerprint density at radius 1 is 1.29 bits per heavy atom. The fourth-order valence-electron chi connectivity index (χ4n) is 2.60. The third-order valence-electron chi connectivity index (χ3n) is 3.88. The number of benzene rings is 1. The molecule has 0 spiro atoms. The van der Waals surface area contributed by atoms with E-state index < -0.39 is 0 Å². The number of rotatable bonds is 5. The molecule has 1 aromatic rings. The number of carbonyl (C=O) groups is 1. The minimum absolute atomic E-state index is 0.0167. The molecule has 0 aliphatic carbocycles. The van der Waals surface area contributed by atoms with E-state index in [-0.39, 0.29) is 24.2 Å². The first-order valence-electron chi connectivity index (χ1n) is 7.60. The number of piperidine rings is 1. The van der Waals surface area contributed by atoms with Gasteiger partial charge in [0.2, 0.25) is 5.91 Å². The van der Waals surface area contributed by atoms with Crippen LogP contribution in [0.4, 0.5) is 0 Å². The molecule has 0 unspecified atom stereocenters. The zero-order chi connectivity index (χ0) is 15.3. The number of likely N-dealkylation sites (tertiary alicyclic amines) is 1.